The van der Waals surface area contributed by atoms with E-state index in [0.717, 1.165) is 43.2 Å². The first-order valence-corrected chi connectivity index (χ1v) is 9.56. The predicted octanol–water partition coefficient (Wildman–Crippen LogP) is 5.71. The van der Waals surface area contributed by atoms with Crippen molar-refractivity contribution >= 4 is 5.69 Å². The molecule has 27 heavy (non-hydrogen) atoms. The lowest BCUT2D eigenvalue weighted by molar-refractivity contribution is 0.317. The van der Waals surface area contributed by atoms with Crippen LogP contribution in [0.25, 0.3) is 0 Å². The van der Waals surface area contributed by atoms with E-state index >= 15 is 0 Å². The number of benzene rings is 3. The van der Waals surface area contributed by atoms with Gasteiger partial charge in [0.15, 0.2) is 0 Å². The molecule has 3 aromatic rings. The molecule has 3 heteroatoms. The van der Waals surface area contributed by atoms with Crippen LogP contribution < -0.4 is 14.8 Å². The molecule has 0 saturated heterocycles. The molecule has 0 spiro atoms. The van der Waals surface area contributed by atoms with Gasteiger partial charge in [0.25, 0.3) is 0 Å². The molecule has 0 unspecified atom stereocenters. The zero-order valence-electron chi connectivity index (χ0n) is 15.9. The van der Waals surface area contributed by atoms with Crippen molar-refractivity contribution in [2.75, 3.05) is 18.5 Å². The quantitative estimate of drug-likeness (QED) is 0.502. The Balaban J connectivity index is 1.50. The van der Waals surface area contributed by atoms with Gasteiger partial charge < -0.3 is 14.8 Å². The first-order chi connectivity index (χ1) is 13.3. The predicted molar refractivity (Wildman–Crippen MR) is 112 cm³/mol. The number of nitrogens with one attached hydrogen (secondary N) is 1. The molecule has 0 saturated carbocycles. The minimum absolute atomic E-state index is 0.671. The summed E-state index contributed by atoms with van der Waals surface area (Å²) >= 11 is 0. The summed E-state index contributed by atoms with van der Waals surface area (Å²) in [7, 11) is 0. The average molecular weight is 361 g/mol. The largest absolute Gasteiger partial charge is 0.494 e. The Labute approximate surface area is 162 Å². The SMILES string of the molecule is CCCOc1cccc(CNc2cccc(OCCc3ccccc3)c2)c1. The second kappa shape index (κ2) is 10.3. The summed E-state index contributed by atoms with van der Waals surface area (Å²) in [5.41, 5.74) is 3.53. The molecule has 0 heterocycles. The standard InChI is InChI=1S/C24H27NO2/c1-2-15-26-23-12-6-10-21(17-23)19-25-22-11-7-13-24(18-22)27-16-14-20-8-4-3-5-9-20/h3-13,17-18,25H,2,14-16,19H2,1H3. The Morgan fingerprint density at radius 3 is 2.22 bits per heavy atom. The maximum atomic E-state index is 5.91. The highest BCUT2D eigenvalue weighted by Crippen LogP contribution is 2.20. The van der Waals surface area contributed by atoms with E-state index in [9.17, 15) is 0 Å². The van der Waals surface area contributed by atoms with E-state index < -0.39 is 0 Å². The molecule has 0 amide bonds. The Morgan fingerprint density at radius 2 is 1.41 bits per heavy atom. The van der Waals surface area contributed by atoms with Crippen molar-refractivity contribution in [3.05, 3.63) is 90.0 Å². The van der Waals surface area contributed by atoms with Crippen LogP contribution in [0.2, 0.25) is 0 Å². The third-order valence-electron chi connectivity index (χ3n) is 4.20. The van der Waals surface area contributed by atoms with Gasteiger partial charge in [0.05, 0.1) is 13.2 Å². The van der Waals surface area contributed by atoms with Crippen LogP contribution in [0.5, 0.6) is 11.5 Å². The van der Waals surface area contributed by atoms with E-state index in [1.165, 1.54) is 11.1 Å². The lowest BCUT2D eigenvalue weighted by Gasteiger charge is -2.11. The first kappa shape index (κ1) is 18.8. The van der Waals surface area contributed by atoms with E-state index in [0.29, 0.717) is 6.61 Å². The van der Waals surface area contributed by atoms with Gasteiger partial charge >= 0.3 is 0 Å². The first-order valence-electron chi connectivity index (χ1n) is 9.56. The van der Waals surface area contributed by atoms with Gasteiger partial charge in [-0.3, -0.25) is 0 Å². The molecule has 3 nitrogen and oxygen atoms in total. The summed E-state index contributed by atoms with van der Waals surface area (Å²) in [6.45, 7) is 4.28. The van der Waals surface area contributed by atoms with Gasteiger partial charge in [-0.25, -0.2) is 0 Å². The monoisotopic (exact) mass is 361 g/mol. The van der Waals surface area contributed by atoms with E-state index in [4.69, 9.17) is 9.47 Å². The molecule has 140 valence electrons. The van der Waals surface area contributed by atoms with Crippen LogP contribution in [-0.2, 0) is 13.0 Å². The van der Waals surface area contributed by atoms with Crippen LogP contribution in [0.3, 0.4) is 0 Å². The smallest absolute Gasteiger partial charge is 0.121 e. The number of rotatable bonds is 10. The Morgan fingerprint density at radius 1 is 0.704 bits per heavy atom. The van der Waals surface area contributed by atoms with Crippen molar-refractivity contribution in [1.29, 1.82) is 0 Å². The van der Waals surface area contributed by atoms with Crippen molar-refractivity contribution in [1.82, 2.24) is 0 Å². The zero-order valence-corrected chi connectivity index (χ0v) is 15.9. The van der Waals surface area contributed by atoms with Crippen LogP contribution >= 0.6 is 0 Å². The molecule has 0 aromatic heterocycles. The van der Waals surface area contributed by atoms with Gasteiger partial charge in [0.2, 0.25) is 0 Å². The molecule has 0 radical (unpaired) electrons. The van der Waals surface area contributed by atoms with E-state index in [-0.39, 0.29) is 0 Å². The zero-order chi connectivity index (χ0) is 18.7. The second-order valence-corrected chi connectivity index (χ2v) is 6.46. The summed E-state index contributed by atoms with van der Waals surface area (Å²) in [4.78, 5) is 0. The van der Waals surface area contributed by atoms with Crippen molar-refractivity contribution < 1.29 is 9.47 Å². The molecule has 3 rings (SSSR count). The molecule has 0 aliphatic carbocycles. The third-order valence-corrected chi connectivity index (χ3v) is 4.20. The number of hydrogen-bond donors (Lipinski definition) is 1. The van der Waals surface area contributed by atoms with Gasteiger partial charge in [0.1, 0.15) is 11.5 Å². The summed E-state index contributed by atoms with van der Waals surface area (Å²) in [6, 6.07) is 26.7. The van der Waals surface area contributed by atoms with Gasteiger partial charge in [0, 0.05) is 24.7 Å². The van der Waals surface area contributed by atoms with E-state index in [2.05, 4.69) is 54.7 Å². The Hall–Kier alpha value is -2.94. The Kier molecular flexibility index (Phi) is 7.16. The lowest BCUT2D eigenvalue weighted by Crippen LogP contribution is -2.03. The molecule has 0 bridgehead atoms. The van der Waals surface area contributed by atoms with Crippen LogP contribution in [0.15, 0.2) is 78.9 Å². The van der Waals surface area contributed by atoms with Gasteiger partial charge in [-0.2, -0.15) is 0 Å². The molecule has 0 atom stereocenters. The number of anilines is 1. The summed E-state index contributed by atoms with van der Waals surface area (Å²) < 4.78 is 11.6. The number of ether oxygens (including phenoxy) is 2. The Bertz CT molecular complexity index is 817. The molecule has 0 aliphatic heterocycles. The molecular formula is C24H27NO2. The summed E-state index contributed by atoms with van der Waals surface area (Å²) in [5, 5.41) is 3.46. The van der Waals surface area contributed by atoms with E-state index in [1.807, 2.05) is 36.4 Å². The molecule has 0 fully saturated rings. The van der Waals surface area contributed by atoms with Crippen molar-refractivity contribution in [2.24, 2.45) is 0 Å². The van der Waals surface area contributed by atoms with Crippen LogP contribution in [0.1, 0.15) is 24.5 Å². The van der Waals surface area contributed by atoms with Crippen LogP contribution in [-0.4, -0.2) is 13.2 Å². The minimum Gasteiger partial charge on any atom is -0.494 e. The average Bonchev–Trinajstić information content (AvgIpc) is 2.72. The van der Waals surface area contributed by atoms with Crippen LogP contribution in [0, 0.1) is 0 Å². The fraction of sp³-hybridized carbons (Fsp3) is 0.250. The molecular weight excluding hydrogens is 334 g/mol. The highest BCUT2D eigenvalue weighted by Gasteiger charge is 2.00. The van der Waals surface area contributed by atoms with Crippen molar-refractivity contribution in [3.8, 4) is 11.5 Å². The third kappa shape index (κ3) is 6.37. The topological polar surface area (TPSA) is 30.5 Å². The van der Waals surface area contributed by atoms with Gasteiger partial charge in [-0.05, 0) is 41.8 Å². The molecule has 1 N–H and O–H groups in total. The molecule has 0 aliphatic rings. The highest BCUT2D eigenvalue weighted by molar-refractivity contribution is 5.48. The summed E-state index contributed by atoms with van der Waals surface area (Å²) in [6.07, 6.45) is 1.92. The number of hydrogen-bond acceptors (Lipinski definition) is 3. The maximum Gasteiger partial charge on any atom is 0.121 e. The van der Waals surface area contributed by atoms with Crippen molar-refractivity contribution in [3.63, 3.8) is 0 Å². The highest BCUT2D eigenvalue weighted by atomic mass is 16.5. The lowest BCUT2D eigenvalue weighted by atomic mass is 10.2. The van der Waals surface area contributed by atoms with Crippen molar-refractivity contribution in [2.45, 2.75) is 26.3 Å². The van der Waals surface area contributed by atoms with E-state index in [1.54, 1.807) is 0 Å². The van der Waals surface area contributed by atoms with Gasteiger partial charge in [-0.1, -0.05) is 55.5 Å². The normalized spacial score (nSPS) is 10.4. The molecule has 3 aromatic carbocycles. The van der Waals surface area contributed by atoms with Gasteiger partial charge in [-0.15, -0.1) is 0 Å². The minimum atomic E-state index is 0.671. The maximum absolute atomic E-state index is 5.91. The fourth-order valence-corrected chi connectivity index (χ4v) is 2.80. The van der Waals surface area contributed by atoms with Crippen LogP contribution in [0.4, 0.5) is 5.69 Å². The second-order valence-electron chi connectivity index (χ2n) is 6.46. The fourth-order valence-electron chi connectivity index (χ4n) is 2.80. The summed E-state index contributed by atoms with van der Waals surface area (Å²) in [5.74, 6) is 1.81.